The molecular formula is C20H22N2O3S2. The van der Waals surface area contributed by atoms with E-state index in [1.807, 2.05) is 18.2 Å². The van der Waals surface area contributed by atoms with E-state index in [-0.39, 0.29) is 23.8 Å². The molecule has 3 aromatic rings. The van der Waals surface area contributed by atoms with Gasteiger partial charge in [0.15, 0.2) is 15.0 Å². The van der Waals surface area contributed by atoms with Crippen molar-refractivity contribution in [3.8, 4) is 0 Å². The Morgan fingerprint density at radius 2 is 1.89 bits per heavy atom. The third kappa shape index (κ3) is 5.37. The molecule has 0 radical (unpaired) electrons. The van der Waals surface area contributed by atoms with E-state index in [0.717, 1.165) is 15.8 Å². The van der Waals surface area contributed by atoms with Gasteiger partial charge in [0.25, 0.3) is 0 Å². The Balaban J connectivity index is 1.59. The summed E-state index contributed by atoms with van der Waals surface area (Å²) in [6.07, 6.45) is -0.0810. The second-order valence-electron chi connectivity index (χ2n) is 6.78. The van der Waals surface area contributed by atoms with Gasteiger partial charge in [-0.25, -0.2) is 13.4 Å². The molecule has 7 heteroatoms. The Kier molecular flexibility index (Phi) is 5.92. The Labute approximate surface area is 163 Å². The number of amides is 1. The van der Waals surface area contributed by atoms with E-state index >= 15 is 0 Å². The number of carbonyl (C=O) groups excluding carboxylic acids is 1. The Morgan fingerprint density at radius 3 is 2.59 bits per heavy atom. The van der Waals surface area contributed by atoms with Crippen LogP contribution in [0.25, 0.3) is 10.2 Å². The quantitative estimate of drug-likeness (QED) is 0.637. The molecule has 0 aliphatic rings. The molecule has 0 fully saturated rings. The lowest BCUT2D eigenvalue weighted by atomic mass is 10.0. The van der Waals surface area contributed by atoms with Gasteiger partial charge in [0.1, 0.15) is 0 Å². The van der Waals surface area contributed by atoms with Crippen LogP contribution < -0.4 is 5.32 Å². The molecule has 0 spiro atoms. The second kappa shape index (κ2) is 8.19. The van der Waals surface area contributed by atoms with Crippen molar-refractivity contribution in [1.29, 1.82) is 0 Å². The van der Waals surface area contributed by atoms with Crippen molar-refractivity contribution in [3.63, 3.8) is 0 Å². The number of sulfone groups is 1. The molecule has 3 rings (SSSR count). The Morgan fingerprint density at radius 1 is 1.15 bits per heavy atom. The summed E-state index contributed by atoms with van der Waals surface area (Å²) >= 11 is 1.40. The van der Waals surface area contributed by atoms with Gasteiger partial charge in [0.2, 0.25) is 5.91 Å². The minimum atomic E-state index is -3.34. The lowest BCUT2D eigenvalue weighted by Gasteiger charge is -2.04. The van der Waals surface area contributed by atoms with E-state index in [1.54, 1.807) is 24.3 Å². The number of fused-ring (bicyclic) bond motifs is 1. The lowest BCUT2D eigenvalue weighted by Crippen LogP contribution is -2.18. The first-order chi connectivity index (χ1) is 12.8. The van der Waals surface area contributed by atoms with Gasteiger partial charge in [-0.05, 0) is 29.2 Å². The van der Waals surface area contributed by atoms with Crippen LogP contribution in [0.4, 0.5) is 5.13 Å². The molecule has 0 saturated carbocycles. The van der Waals surface area contributed by atoms with Gasteiger partial charge < -0.3 is 5.32 Å². The molecule has 5 nitrogen and oxygen atoms in total. The summed E-state index contributed by atoms with van der Waals surface area (Å²) < 4.78 is 25.4. The van der Waals surface area contributed by atoms with Gasteiger partial charge in [-0.1, -0.05) is 61.6 Å². The summed E-state index contributed by atoms with van der Waals surface area (Å²) in [5, 5.41) is 3.22. The van der Waals surface area contributed by atoms with Crippen molar-refractivity contribution < 1.29 is 13.2 Å². The van der Waals surface area contributed by atoms with Gasteiger partial charge in [-0.3, -0.25) is 4.79 Å². The van der Waals surface area contributed by atoms with E-state index < -0.39 is 9.84 Å². The third-order valence-corrected chi connectivity index (χ3v) is 6.73. The average Bonchev–Trinajstić information content (AvgIpc) is 3.01. The van der Waals surface area contributed by atoms with Gasteiger partial charge in [0, 0.05) is 6.42 Å². The van der Waals surface area contributed by atoms with Crippen LogP contribution in [0.2, 0.25) is 0 Å². The number of thiazole rings is 1. The fraction of sp³-hybridized carbons (Fsp3) is 0.300. The zero-order chi connectivity index (χ0) is 19.4. The number of carbonyl (C=O) groups is 1. The predicted molar refractivity (Wildman–Crippen MR) is 111 cm³/mol. The minimum absolute atomic E-state index is 0.0553. The summed E-state index contributed by atoms with van der Waals surface area (Å²) in [6, 6.07) is 15.0. The molecule has 1 aromatic heterocycles. The van der Waals surface area contributed by atoms with Crippen molar-refractivity contribution >= 4 is 42.4 Å². The molecule has 0 aliphatic heterocycles. The van der Waals surface area contributed by atoms with Crippen LogP contribution in [-0.2, 0) is 20.4 Å². The number of anilines is 1. The summed E-state index contributed by atoms with van der Waals surface area (Å²) in [4.78, 5) is 16.6. The molecular weight excluding hydrogens is 380 g/mol. The summed E-state index contributed by atoms with van der Waals surface area (Å²) in [6.45, 7) is 4.25. The fourth-order valence-corrected chi connectivity index (χ4v) is 4.96. The molecule has 0 unspecified atom stereocenters. The highest BCUT2D eigenvalue weighted by molar-refractivity contribution is 7.90. The first kappa shape index (κ1) is 19.5. The highest BCUT2D eigenvalue weighted by Crippen LogP contribution is 2.29. The monoisotopic (exact) mass is 402 g/mol. The number of aromatic nitrogens is 1. The van der Waals surface area contributed by atoms with Crippen molar-refractivity contribution in [1.82, 2.24) is 4.98 Å². The Hall–Kier alpha value is -2.25. The maximum Gasteiger partial charge on any atom is 0.227 e. The van der Waals surface area contributed by atoms with Crippen molar-refractivity contribution in [2.24, 2.45) is 0 Å². The normalized spacial score (nSPS) is 11.8. The number of nitrogens with zero attached hydrogens (tertiary/aromatic N) is 1. The number of rotatable bonds is 7. The minimum Gasteiger partial charge on any atom is -0.302 e. The van der Waals surface area contributed by atoms with Crippen LogP contribution in [0.3, 0.4) is 0 Å². The third-order valence-electron chi connectivity index (χ3n) is 4.20. The number of benzene rings is 2. The SMILES string of the molecule is CC(C)c1ccc2nc(NC(=O)CCS(=O)(=O)Cc3ccccc3)sc2c1. The van der Waals surface area contributed by atoms with E-state index in [1.165, 1.54) is 16.9 Å². The van der Waals surface area contributed by atoms with Crippen LogP contribution in [0.15, 0.2) is 48.5 Å². The first-order valence-electron chi connectivity index (χ1n) is 8.77. The standard InChI is InChI=1S/C20H22N2O3S2/c1-14(2)16-8-9-17-18(12-16)26-20(21-17)22-19(23)10-11-27(24,25)13-15-6-4-3-5-7-15/h3-9,12,14H,10-11,13H2,1-2H3,(H,21,22,23). The predicted octanol–water partition coefficient (Wildman–Crippen LogP) is 4.36. The van der Waals surface area contributed by atoms with Crippen LogP contribution in [0.5, 0.6) is 0 Å². The van der Waals surface area contributed by atoms with Gasteiger partial charge in [-0.15, -0.1) is 0 Å². The van der Waals surface area contributed by atoms with Gasteiger partial charge in [-0.2, -0.15) is 0 Å². The molecule has 1 amide bonds. The molecule has 27 heavy (non-hydrogen) atoms. The van der Waals surface area contributed by atoms with Crippen LogP contribution in [-0.4, -0.2) is 25.1 Å². The smallest absolute Gasteiger partial charge is 0.227 e. The second-order valence-corrected chi connectivity index (χ2v) is 9.99. The summed E-state index contributed by atoms with van der Waals surface area (Å²) in [5.74, 6) is -0.157. The van der Waals surface area contributed by atoms with Crippen molar-refractivity contribution in [2.75, 3.05) is 11.1 Å². The molecule has 0 aliphatic carbocycles. The Bertz CT molecular complexity index is 1040. The topological polar surface area (TPSA) is 76.1 Å². The van der Waals surface area contributed by atoms with E-state index in [4.69, 9.17) is 0 Å². The number of hydrogen-bond acceptors (Lipinski definition) is 5. The summed E-state index contributed by atoms with van der Waals surface area (Å²) in [7, 11) is -3.34. The van der Waals surface area contributed by atoms with Crippen LogP contribution >= 0.6 is 11.3 Å². The molecule has 1 heterocycles. The van der Waals surface area contributed by atoms with Gasteiger partial charge in [0.05, 0.1) is 21.7 Å². The fourth-order valence-electron chi connectivity index (χ4n) is 2.68. The zero-order valence-corrected chi connectivity index (χ0v) is 16.9. The molecule has 142 valence electrons. The zero-order valence-electron chi connectivity index (χ0n) is 15.3. The van der Waals surface area contributed by atoms with Crippen LogP contribution in [0.1, 0.15) is 37.3 Å². The maximum absolute atomic E-state index is 12.2. The van der Waals surface area contributed by atoms with Crippen LogP contribution in [0, 0.1) is 0 Å². The molecule has 0 saturated heterocycles. The number of hydrogen-bond donors (Lipinski definition) is 1. The maximum atomic E-state index is 12.2. The summed E-state index contributed by atoms with van der Waals surface area (Å²) in [5.41, 5.74) is 2.78. The van der Waals surface area contributed by atoms with Gasteiger partial charge >= 0.3 is 0 Å². The van der Waals surface area contributed by atoms with E-state index in [0.29, 0.717) is 11.0 Å². The average molecular weight is 403 g/mol. The van der Waals surface area contributed by atoms with Crippen molar-refractivity contribution in [3.05, 3.63) is 59.7 Å². The molecule has 0 bridgehead atoms. The highest BCUT2D eigenvalue weighted by atomic mass is 32.2. The highest BCUT2D eigenvalue weighted by Gasteiger charge is 2.16. The van der Waals surface area contributed by atoms with Crippen molar-refractivity contribution in [2.45, 2.75) is 31.9 Å². The lowest BCUT2D eigenvalue weighted by molar-refractivity contribution is -0.115. The number of nitrogens with one attached hydrogen (secondary N) is 1. The molecule has 2 aromatic carbocycles. The van der Waals surface area contributed by atoms with E-state index in [9.17, 15) is 13.2 Å². The van der Waals surface area contributed by atoms with E-state index in [2.05, 4.69) is 30.2 Å². The largest absolute Gasteiger partial charge is 0.302 e. The molecule has 1 N–H and O–H groups in total. The molecule has 0 atom stereocenters. The first-order valence-corrected chi connectivity index (χ1v) is 11.4.